The Morgan fingerprint density at radius 2 is 1.79 bits per heavy atom. The van der Waals surface area contributed by atoms with Crippen molar-refractivity contribution in [2.45, 2.75) is 27.7 Å². The minimum atomic E-state index is -0.666. The largest absolute Gasteiger partial charge is 0.452 e. The standard InChI is InChI=1S/C18H19ClN2O3/c1-10-5-6-14(8-11(10)2)21-15(22)9-24-18(23)16-12(3)7-13(4)20-17(16)19/h5-8H,9H2,1-4H3,(H,21,22). The van der Waals surface area contributed by atoms with Crippen LogP contribution in [0.5, 0.6) is 0 Å². The van der Waals surface area contributed by atoms with E-state index in [2.05, 4.69) is 10.3 Å². The van der Waals surface area contributed by atoms with Gasteiger partial charge in [0.05, 0.1) is 5.56 Å². The topological polar surface area (TPSA) is 68.3 Å². The van der Waals surface area contributed by atoms with E-state index in [0.717, 1.165) is 11.1 Å². The number of nitrogens with zero attached hydrogens (tertiary/aromatic N) is 1. The van der Waals surface area contributed by atoms with Crippen molar-refractivity contribution in [1.29, 1.82) is 0 Å². The number of carbonyl (C=O) groups is 2. The fourth-order valence-electron chi connectivity index (χ4n) is 2.26. The molecular formula is C18H19ClN2O3. The van der Waals surface area contributed by atoms with Gasteiger partial charge in [-0.25, -0.2) is 9.78 Å². The number of carbonyl (C=O) groups excluding carboxylic acids is 2. The first kappa shape index (κ1) is 17.9. The van der Waals surface area contributed by atoms with Crippen LogP contribution in [-0.4, -0.2) is 23.5 Å². The van der Waals surface area contributed by atoms with Gasteiger partial charge in [-0.05, 0) is 62.6 Å². The first-order chi connectivity index (χ1) is 11.3. The summed E-state index contributed by atoms with van der Waals surface area (Å²) in [6.07, 6.45) is 0. The van der Waals surface area contributed by atoms with Crippen LogP contribution >= 0.6 is 11.6 Å². The summed E-state index contributed by atoms with van der Waals surface area (Å²) in [6.45, 7) is 7.08. The van der Waals surface area contributed by atoms with Crippen molar-refractivity contribution in [3.8, 4) is 0 Å². The van der Waals surface area contributed by atoms with E-state index in [4.69, 9.17) is 16.3 Å². The predicted octanol–water partition coefficient (Wildman–Crippen LogP) is 3.76. The highest BCUT2D eigenvalue weighted by Gasteiger charge is 2.18. The third-order valence-electron chi connectivity index (χ3n) is 3.63. The van der Waals surface area contributed by atoms with Gasteiger partial charge in [-0.15, -0.1) is 0 Å². The van der Waals surface area contributed by atoms with Crippen LogP contribution in [-0.2, 0) is 9.53 Å². The van der Waals surface area contributed by atoms with E-state index in [-0.39, 0.29) is 10.7 Å². The Kier molecular flexibility index (Phi) is 5.57. The molecule has 0 aliphatic heterocycles. The SMILES string of the molecule is Cc1cc(C)c(C(=O)OCC(=O)Nc2ccc(C)c(C)c2)c(Cl)n1. The Labute approximate surface area is 146 Å². The number of pyridine rings is 1. The minimum Gasteiger partial charge on any atom is -0.452 e. The number of hydrogen-bond donors (Lipinski definition) is 1. The highest BCUT2D eigenvalue weighted by Crippen LogP contribution is 2.20. The first-order valence-electron chi connectivity index (χ1n) is 7.46. The van der Waals surface area contributed by atoms with Crippen molar-refractivity contribution in [3.63, 3.8) is 0 Å². The number of anilines is 1. The Morgan fingerprint density at radius 3 is 2.42 bits per heavy atom. The normalized spacial score (nSPS) is 10.4. The van der Waals surface area contributed by atoms with Gasteiger partial charge in [0.15, 0.2) is 6.61 Å². The van der Waals surface area contributed by atoms with Crippen LogP contribution in [0.3, 0.4) is 0 Å². The van der Waals surface area contributed by atoms with E-state index in [9.17, 15) is 9.59 Å². The molecule has 1 aromatic carbocycles. The number of aromatic nitrogens is 1. The molecule has 0 unspecified atom stereocenters. The molecule has 6 heteroatoms. The van der Waals surface area contributed by atoms with Gasteiger partial charge in [0.1, 0.15) is 5.15 Å². The summed E-state index contributed by atoms with van der Waals surface area (Å²) in [7, 11) is 0. The number of halogens is 1. The summed E-state index contributed by atoms with van der Waals surface area (Å²) in [4.78, 5) is 28.1. The molecule has 0 saturated heterocycles. The molecule has 0 atom stereocenters. The summed E-state index contributed by atoms with van der Waals surface area (Å²) in [5.41, 5.74) is 4.41. The zero-order chi connectivity index (χ0) is 17.9. The number of esters is 1. The highest BCUT2D eigenvalue weighted by atomic mass is 35.5. The van der Waals surface area contributed by atoms with Crippen LogP contribution in [0.15, 0.2) is 24.3 Å². The van der Waals surface area contributed by atoms with Crippen LogP contribution in [0.25, 0.3) is 0 Å². The summed E-state index contributed by atoms with van der Waals surface area (Å²) >= 11 is 5.99. The van der Waals surface area contributed by atoms with Crippen molar-refractivity contribution in [2.24, 2.45) is 0 Å². The molecular weight excluding hydrogens is 328 g/mol. The maximum atomic E-state index is 12.1. The fourth-order valence-corrected chi connectivity index (χ4v) is 2.62. The molecule has 0 aliphatic rings. The van der Waals surface area contributed by atoms with Gasteiger partial charge < -0.3 is 10.1 Å². The lowest BCUT2D eigenvalue weighted by molar-refractivity contribution is -0.119. The van der Waals surface area contributed by atoms with E-state index < -0.39 is 18.5 Å². The summed E-state index contributed by atoms with van der Waals surface area (Å²) in [6, 6.07) is 7.31. The maximum absolute atomic E-state index is 12.1. The molecule has 2 rings (SSSR count). The van der Waals surface area contributed by atoms with Crippen LogP contribution in [0, 0.1) is 27.7 Å². The molecule has 0 bridgehead atoms. The fraction of sp³-hybridized carbons (Fsp3) is 0.278. The molecule has 0 spiro atoms. The van der Waals surface area contributed by atoms with Crippen LogP contribution in [0.1, 0.15) is 32.7 Å². The second-order valence-electron chi connectivity index (χ2n) is 5.67. The average Bonchev–Trinajstić information content (AvgIpc) is 2.48. The Balaban J connectivity index is 1.99. The number of ether oxygens (including phenoxy) is 1. The number of amides is 1. The van der Waals surface area contributed by atoms with Gasteiger partial charge in [0, 0.05) is 11.4 Å². The quantitative estimate of drug-likeness (QED) is 0.676. The van der Waals surface area contributed by atoms with E-state index >= 15 is 0 Å². The molecule has 1 aromatic heterocycles. The highest BCUT2D eigenvalue weighted by molar-refractivity contribution is 6.32. The summed E-state index contributed by atoms with van der Waals surface area (Å²) < 4.78 is 5.04. The minimum absolute atomic E-state index is 0.0760. The van der Waals surface area contributed by atoms with Crippen molar-refractivity contribution in [2.75, 3.05) is 11.9 Å². The van der Waals surface area contributed by atoms with E-state index in [1.807, 2.05) is 26.0 Å². The predicted molar refractivity (Wildman–Crippen MR) is 93.5 cm³/mol. The third-order valence-corrected chi connectivity index (χ3v) is 3.90. The number of nitrogens with one attached hydrogen (secondary N) is 1. The molecule has 0 fully saturated rings. The molecule has 0 saturated carbocycles. The molecule has 2 aromatic rings. The first-order valence-corrected chi connectivity index (χ1v) is 7.83. The van der Waals surface area contributed by atoms with Crippen molar-refractivity contribution >= 4 is 29.2 Å². The molecule has 1 heterocycles. The van der Waals surface area contributed by atoms with Crippen LogP contribution in [0.2, 0.25) is 5.15 Å². The van der Waals surface area contributed by atoms with E-state index in [0.29, 0.717) is 16.9 Å². The van der Waals surface area contributed by atoms with Crippen molar-refractivity contribution in [1.82, 2.24) is 4.98 Å². The second-order valence-corrected chi connectivity index (χ2v) is 6.03. The van der Waals surface area contributed by atoms with Crippen LogP contribution < -0.4 is 5.32 Å². The molecule has 5 nitrogen and oxygen atoms in total. The lowest BCUT2D eigenvalue weighted by Gasteiger charge is -2.10. The molecule has 24 heavy (non-hydrogen) atoms. The smallest absolute Gasteiger partial charge is 0.342 e. The summed E-state index contributed by atoms with van der Waals surface area (Å²) in [5.74, 6) is -1.08. The second kappa shape index (κ2) is 7.45. The Hall–Kier alpha value is -2.40. The maximum Gasteiger partial charge on any atom is 0.342 e. The van der Waals surface area contributed by atoms with Gasteiger partial charge >= 0.3 is 5.97 Å². The molecule has 0 radical (unpaired) electrons. The van der Waals surface area contributed by atoms with Crippen molar-refractivity contribution in [3.05, 3.63) is 57.4 Å². The van der Waals surface area contributed by atoms with Gasteiger partial charge in [0.2, 0.25) is 0 Å². The van der Waals surface area contributed by atoms with E-state index in [1.165, 1.54) is 0 Å². The molecule has 126 valence electrons. The van der Waals surface area contributed by atoms with Gasteiger partial charge in [-0.2, -0.15) is 0 Å². The van der Waals surface area contributed by atoms with Gasteiger partial charge in [-0.3, -0.25) is 4.79 Å². The van der Waals surface area contributed by atoms with Crippen molar-refractivity contribution < 1.29 is 14.3 Å². The Morgan fingerprint density at radius 1 is 1.08 bits per heavy atom. The molecule has 0 aliphatic carbocycles. The van der Waals surface area contributed by atoms with Gasteiger partial charge in [-0.1, -0.05) is 17.7 Å². The lowest BCUT2D eigenvalue weighted by atomic mass is 10.1. The molecule has 1 amide bonds. The third kappa shape index (κ3) is 4.32. The van der Waals surface area contributed by atoms with Crippen LogP contribution in [0.4, 0.5) is 5.69 Å². The average molecular weight is 347 g/mol. The molecule has 1 N–H and O–H groups in total. The van der Waals surface area contributed by atoms with Gasteiger partial charge in [0.25, 0.3) is 5.91 Å². The number of benzene rings is 1. The van der Waals surface area contributed by atoms with E-state index in [1.54, 1.807) is 26.0 Å². The Bertz CT molecular complexity index is 780. The number of aryl methyl sites for hydroxylation is 4. The zero-order valence-corrected chi connectivity index (χ0v) is 14.8. The summed E-state index contributed by atoms with van der Waals surface area (Å²) in [5, 5.41) is 2.77. The lowest BCUT2D eigenvalue weighted by Crippen LogP contribution is -2.21. The number of rotatable bonds is 4. The zero-order valence-electron chi connectivity index (χ0n) is 14.1. The monoisotopic (exact) mass is 346 g/mol. The number of hydrogen-bond acceptors (Lipinski definition) is 4.